The largest absolute Gasteiger partial charge is 0.507 e. The quantitative estimate of drug-likeness (QED) is 0.292. The minimum atomic E-state index is -0.531. The summed E-state index contributed by atoms with van der Waals surface area (Å²) in [5, 5.41) is 23.8. The number of hydrogen-bond acceptors (Lipinski definition) is 5. The maximum absolute atomic E-state index is 13.7. The first-order valence-electron chi connectivity index (χ1n) is 9.75. The Balaban J connectivity index is 1.98. The van der Waals surface area contributed by atoms with Gasteiger partial charge in [0, 0.05) is 21.5 Å². The van der Waals surface area contributed by atoms with E-state index in [4.69, 9.17) is 4.42 Å². The van der Waals surface area contributed by atoms with Gasteiger partial charge >= 0.3 is 0 Å². The van der Waals surface area contributed by atoms with Crippen LogP contribution in [0.4, 0.5) is 0 Å². The van der Waals surface area contributed by atoms with Crippen molar-refractivity contribution in [1.29, 1.82) is 0 Å². The summed E-state index contributed by atoms with van der Waals surface area (Å²) >= 11 is 0. The number of aromatic hydroxyl groups is 2. The Morgan fingerprint density at radius 3 is 2.00 bits per heavy atom. The second-order valence-electron chi connectivity index (χ2n) is 7.51. The maximum Gasteiger partial charge on any atom is 0.290 e. The highest BCUT2D eigenvalue weighted by atomic mass is 16.5. The van der Waals surface area contributed by atoms with Crippen LogP contribution < -0.4 is 10.9 Å². The Morgan fingerprint density at radius 2 is 1.23 bits per heavy atom. The van der Waals surface area contributed by atoms with E-state index >= 15 is 0 Å². The molecule has 0 aliphatic carbocycles. The average molecular weight is 406 g/mol. The topological polar surface area (TPSA) is 87.7 Å². The predicted molar refractivity (Wildman–Crippen MR) is 121 cm³/mol. The molecule has 0 spiro atoms. The van der Waals surface area contributed by atoms with Gasteiger partial charge in [0.05, 0.1) is 21.7 Å². The highest BCUT2D eigenvalue weighted by molar-refractivity contribution is 6.25. The number of phenolic OH excluding ortho intramolecular Hbond substituents is 1. The Hall–Kier alpha value is -4.38. The summed E-state index contributed by atoms with van der Waals surface area (Å²) < 4.78 is 5.68. The van der Waals surface area contributed by atoms with Crippen LogP contribution in [0, 0.1) is 0 Å². The predicted octanol–water partition coefficient (Wildman–Crippen LogP) is 5.13. The zero-order chi connectivity index (χ0) is 21.3. The van der Waals surface area contributed by atoms with E-state index in [0.717, 1.165) is 0 Å². The highest BCUT2D eigenvalue weighted by Crippen LogP contribution is 2.41. The van der Waals surface area contributed by atoms with Crippen molar-refractivity contribution in [2.24, 2.45) is 0 Å². The Labute approximate surface area is 174 Å². The first-order chi connectivity index (χ1) is 15.1. The summed E-state index contributed by atoms with van der Waals surface area (Å²) in [7, 11) is 0. The molecule has 0 aliphatic rings. The van der Waals surface area contributed by atoms with Crippen LogP contribution in [0.5, 0.6) is 11.7 Å². The van der Waals surface area contributed by atoms with E-state index in [1.807, 2.05) is 6.07 Å². The molecule has 0 saturated heterocycles. The summed E-state index contributed by atoms with van der Waals surface area (Å²) in [4.78, 5) is 27.3. The first kappa shape index (κ1) is 17.5. The van der Waals surface area contributed by atoms with Gasteiger partial charge in [-0.2, -0.15) is 0 Å². The molecule has 6 aromatic rings. The summed E-state index contributed by atoms with van der Waals surface area (Å²) in [6, 6.07) is 20.8. The zero-order valence-electron chi connectivity index (χ0n) is 16.0. The van der Waals surface area contributed by atoms with E-state index in [2.05, 4.69) is 0 Å². The molecule has 0 saturated carbocycles. The molecule has 1 heterocycles. The number of fused-ring (bicyclic) bond motifs is 4. The fraction of sp³-hybridized carbons (Fsp3) is 0. The average Bonchev–Trinajstić information content (AvgIpc) is 2.79. The van der Waals surface area contributed by atoms with E-state index in [1.54, 1.807) is 66.7 Å². The van der Waals surface area contributed by atoms with Gasteiger partial charge in [0.15, 0.2) is 5.58 Å². The van der Waals surface area contributed by atoms with Gasteiger partial charge in [-0.25, -0.2) is 0 Å². The third-order valence-corrected chi connectivity index (χ3v) is 5.87. The van der Waals surface area contributed by atoms with Crippen LogP contribution in [0.25, 0.3) is 54.4 Å². The van der Waals surface area contributed by atoms with Crippen LogP contribution in [0.15, 0.2) is 86.8 Å². The zero-order valence-corrected chi connectivity index (χ0v) is 16.0. The molecule has 0 fully saturated rings. The van der Waals surface area contributed by atoms with Gasteiger partial charge in [-0.05, 0) is 11.6 Å². The molecule has 0 amide bonds. The molecule has 2 N–H and O–H groups in total. The molecule has 0 unspecified atom stereocenters. The summed E-state index contributed by atoms with van der Waals surface area (Å²) in [5.74, 6) is -0.492. The molecular formula is C26H14O5. The van der Waals surface area contributed by atoms with E-state index in [9.17, 15) is 19.8 Å². The van der Waals surface area contributed by atoms with Crippen molar-refractivity contribution in [3.05, 3.63) is 93.2 Å². The normalized spacial score (nSPS) is 11.7. The molecule has 5 nitrogen and oxygen atoms in total. The van der Waals surface area contributed by atoms with Gasteiger partial charge in [0.1, 0.15) is 5.75 Å². The van der Waals surface area contributed by atoms with Crippen LogP contribution in [0.1, 0.15) is 0 Å². The number of rotatable bonds is 1. The highest BCUT2D eigenvalue weighted by Gasteiger charge is 2.24. The Morgan fingerprint density at radius 1 is 0.581 bits per heavy atom. The lowest BCUT2D eigenvalue weighted by atomic mass is 9.91. The molecule has 5 aromatic carbocycles. The van der Waals surface area contributed by atoms with Crippen molar-refractivity contribution in [2.75, 3.05) is 0 Å². The van der Waals surface area contributed by atoms with Crippen molar-refractivity contribution in [3.8, 4) is 22.8 Å². The molecule has 0 atom stereocenters. The summed E-state index contributed by atoms with van der Waals surface area (Å²) in [6.45, 7) is 0. The van der Waals surface area contributed by atoms with Gasteiger partial charge in [-0.1, -0.05) is 66.7 Å². The Bertz CT molecular complexity index is 1780. The van der Waals surface area contributed by atoms with Gasteiger partial charge in [-0.3, -0.25) is 9.59 Å². The molecular weight excluding hydrogens is 392 g/mol. The molecule has 0 radical (unpaired) electrons. The fourth-order valence-electron chi connectivity index (χ4n) is 4.53. The van der Waals surface area contributed by atoms with Crippen LogP contribution in [-0.2, 0) is 0 Å². The lowest BCUT2D eigenvalue weighted by Gasteiger charge is -2.13. The molecule has 6 rings (SSSR count). The van der Waals surface area contributed by atoms with Gasteiger partial charge in [0.2, 0.25) is 10.9 Å². The number of hydrogen-bond donors (Lipinski definition) is 2. The van der Waals surface area contributed by atoms with Crippen LogP contribution in [0.3, 0.4) is 0 Å². The molecule has 0 bridgehead atoms. The van der Waals surface area contributed by atoms with Crippen LogP contribution in [0.2, 0.25) is 0 Å². The monoisotopic (exact) mass is 406 g/mol. The smallest absolute Gasteiger partial charge is 0.290 e. The molecule has 0 aliphatic heterocycles. The SMILES string of the molecule is O=c1c(-c2ccccc2)c(O)c2cccc3c4oc(O)c5ccccc5c4c(=O)c1c23. The van der Waals surface area contributed by atoms with Crippen molar-refractivity contribution >= 4 is 43.3 Å². The van der Waals surface area contributed by atoms with E-state index in [1.165, 1.54) is 0 Å². The van der Waals surface area contributed by atoms with Crippen molar-refractivity contribution in [2.45, 2.75) is 0 Å². The van der Waals surface area contributed by atoms with Gasteiger partial charge < -0.3 is 14.6 Å². The first-order valence-corrected chi connectivity index (χ1v) is 9.75. The number of benzene rings is 5. The standard InChI is InChI=1S/C26H14O5/c27-22-16-11-6-12-17-19(16)21(23(28)18(22)13-7-2-1-3-8-13)24(29)20-14-9-4-5-10-15(14)26(30)31-25(17)20/h1-12,27,30H. The molecule has 1 aromatic heterocycles. The van der Waals surface area contributed by atoms with Gasteiger partial charge in [-0.15, -0.1) is 0 Å². The van der Waals surface area contributed by atoms with Crippen molar-refractivity contribution in [3.63, 3.8) is 0 Å². The lowest BCUT2D eigenvalue weighted by molar-refractivity contribution is 0.348. The van der Waals surface area contributed by atoms with Crippen molar-refractivity contribution < 1.29 is 14.6 Å². The maximum atomic E-state index is 13.7. The van der Waals surface area contributed by atoms with E-state index < -0.39 is 10.9 Å². The van der Waals surface area contributed by atoms with Gasteiger partial charge in [0.25, 0.3) is 5.95 Å². The lowest BCUT2D eigenvalue weighted by Crippen LogP contribution is -2.16. The molecule has 31 heavy (non-hydrogen) atoms. The molecule has 148 valence electrons. The Kier molecular flexibility index (Phi) is 3.42. The second kappa shape index (κ2) is 6.06. The third-order valence-electron chi connectivity index (χ3n) is 5.87. The van der Waals surface area contributed by atoms with Crippen molar-refractivity contribution in [1.82, 2.24) is 0 Å². The minimum Gasteiger partial charge on any atom is -0.507 e. The molecule has 5 heteroatoms. The second-order valence-corrected chi connectivity index (χ2v) is 7.51. The minimum absolute atomic E-state index is 0.000737. The van der Waals surface area contributed by atoms with E-state index in [0.29, 0.717) is 32.5 Å². The number of phenols is 1. The van der Waals surface area contributed by atoms with E-state index in [-0.39, 0.29) is 33.6 Å². The fourth-order valence-corrected chi connectivity index (χ4v) is 4.53. The summed E-state index contributed by atoms with van der Waals surface area (Å²) in [6.07, 6.45) is 0. The summed E-state index contributed by atoms with van der Waals surface area (Å²) in [5.41, 5.74) is -0.202. The third kappa shape index (κ3) is 2.20. The van der Waals surface area contributed by atoms with Crippen LogP contribution >= 0.6 is 0 Å². The van der Waals surface area contributed by atoms with Crippen LogP contribution in [-0.4, -0.2) is 10.2 Å².